The summed E-state index contributed by atoms with van der Waals surface area (Å²) in [6, 6.07) is 19.7. The van der Waals surface area contributed by atoms with Gasteiger partial charge in [0.05, 0.1) is 44.1 Å². The third-order valence-corrected chi connectivity index (χ3v) is 8.41. The smallest absolute Gasteiger partial charge is 0.293 e. The van der Waals surface area contributed by atoms with Crippen molar-refractivity contribution in [3.05, 3.63) is 99.1 Å². The number of carbonyl (C=O) groups is 1. The number of nitrogens with zero attached hydrogens (tertiary/aromatic N) is 4. The van der Waals surface area contributed by atoms with Gasteiger partial charge in [-0.1, -0.05) is 36.4 Å². The molecule has 0 bridgehead atoms. The molecule has 2 atom stereocenters. The summed E-state index contributed by atoms with van der Waals surface area (Å²) in [7, 11) is 3.26. The zero-order chi connectivity index (χ0) is 29.9. The monoisotopic (exact) mass is 582 g/mol. The number of hydrazone groups is 1. The highest BCUT2D eigenvalue weighted by Crippen LogP contribution is 2.47. The van der Waals surface area contributed by atoms with E-state index < -0.39 is 16.9 Å². The summed E-state index contributed by atoms with van der Waals surface area (Å²) in [5, 5.41) is 18.6. The van der Waals surface area contributed by atoms with Gasteiger partial charge in [0, 0.05) is 41.8 Å². The maximum absolute atomic E-state index is 14.3. The number of hydrogen-bond acceptors (Lipinski definition) is 8. The van der Waals surface area contributed by atoms with Gasteiger partial charge in [0.15, 0.2) is 0 Å². The molecule has 3 aliphatic rings. The van der Waals surface area contributed by atoms with E-state index in [2.05, 4.69) is 6.08 Å². The van der Waals surface area contributed by atoms with Gasteiger partial charge in [0.1, 0.15) is 17.2 Å². The van der Waals surface area contributed by atoms with E-state index in [1.165, 1.54) is 11.1 Å². The Kier molecular flexibility index (Phi) is 8.11. The van der Waals surface area contributed by atoms with Gasteiger partial charge >= 0.3 is 0 Å². The number of methoxy groups -OCH3 is 2. The lowest BCUT2D eigenvalue weighted by Gasteiger charge is -2.31. The van der Waals surface area contributed by atoms with Crippen LogP contribution in [0.2, 0.25) is 0 Å². The molecule has 43 heavy (non-hydrogen) atoms. The Morgan fingerprint density at radius 2 is 1.74 bits per heavy atom. The predicted octanol–water partition coefficient (Wildman–Crippen LogP) is 5.89. The van der Waals surface area contributed by atoms with Crippen molar-refractivity contribution in [3.63, 3.8) is 0 Å². The van der Waals surface area contributed by atoms with Gasteiger partial charge in [-0.05, 0) is 55.2 Å². The van der Waals surface area contributed by atoms with Crippen LogP contribution in [0, 0.1) is 16.0 Å². The SMILES string of the molecule is COc1ccccc1/C=C1\CCC[C@H]2C1=NN(C(=O)c1ccc(N3CCOCC3)c([N+](=O)[O-])c1)[C@H]2c1ccccc1OC. The number of allylic oxidation sites excluding steroid dienone is 1. The standard InChI is InChI=1S/C33H34N4O6/c1-41-29-12-5-3-8-22(29)20-23-9-7-11-26-31(23)34-36(32(26)25-10-4-6-13-30(25)42-2)33(38)24-14-15-27(28(21-24)37(39)40)35-16-18-43-19-17-35/h3-6,8,10,12-15,20-21,26,32H,7,9,11,16-19H2,1-2H3/b23-20+/t26-,32-/m0/s1. The molecule has 0 spiro atoms. The van der Waals surface area contributed by atoms with Crippen molar-refractivity contribution in [2.75, 3.05) is 45.4 Å². The highest BCUT2D eigenvalue weighted by Gasteiger charge is 2.45. The Hall–Kier alpha value is -4.70. The van der Waals surface area contributed by atoms with Crippen molar-refractivity contribution in [1.29, 1.82) is 0 Å². The molecule has 2 aliphatic heterocycles. The van der Waals surface area contributed by atoms with Crippen LogP contribution in [0.3, 0.4) is 0 Å². The van der Waals surface area contributed by atoms with Crippen LogP contribution in [0.1, 0.15) is 46.8 Å². The number of nitro groups is 1. The predicted molar refractivity (Wildman–Crippen MR) is 164 cm³/mol. The summed E-state index contributed by atoms with van der Waals surface area (Å²) in [6.45, 7) is 2.09. The van der Waals surface area contributed by atoms with Crippen LogP contribution in [0.5, 0.6) is 11.5 Å². The third-order valence-electron chi connectivity index (χ3n) is 8.41. The van der Waals surface area contributed by atoms with Crippen LogP contribution >= 0.6 is 0 Å². The second-order valence-corrected chi connectivity index (χ2v) is 10.8. The molecule has 2 fully saturated rings. The molecule has 1 saturated heterocycles. The minimum atomic E-state index is -0.432. The van der Waals surface area contributed by atoms with E-state index in [-0.39, 0.29) is 17.2 Å². The fourth-order valence-corrected chi connectivity index (χ4v) is 6.37. The van der Waals surface area contributed by atoms with Gasteiger partial charge < -0.3 is 19.1 Å². The first kappa shape index (κ1) is 28.4. The molecule has 3 aromatic carbocycles. The molecule has 0 unspecified atom stereocenters. The van der Waals surface area contributed by atoms with Crippen molar-refractivity contribution in [3.8, 4) is 11.5 Å². The van der Waals surface area contributed by atoms with Gasteiger partial charge in [0.25, 0.3) is 11.6 Å². The Morgan fingerprint density at radius 1 is 1.02 bits per heavy atom. The number of ether oxygens (including phenoxy) is 3. The van der Waals surface area contributed by atoms with E-state index >= 15 is 0 Å². The number of benzene rings is 3. The maximum Gasteiger partial charge on any atom is 0.293 e. The lowest BCUT2D eigenvalue weighted by Crippen LogP contribution is -2.36. The number of amides is 1. The van der Waals surface area contributed by atoms with E-state index in [0.29, 0.717) is 37.7 Å². The molecule has 1 amide bonds. The first-order valence-corrected chi connectivity index (χ1v) is 14.5. The molecular formula is C33H34N4O6. The average molecular weight is 583 g/mol. The molecule has 10 nitrogen and oxygen atoms in total. The van der Waals surface area contributed by atoms with Crippen molar-refractivity contribution >= 4 is 29.1 Å². The fourth-order valence-electron chi connectivity index (χ4n) is 6.37. The summed E-state index contributed by atoms with van der Waals surface area (Å²) >= 11 is 0. The molecule has 3 aromatic rings. The fraction of sp³-hybridized carbons (Fsp3) is 0.333. The Bertz CT molecular complexity index is 1600. The number of anilines is 1. The third kappa shape index (κ3) is 5.46. The van der Waals surface area contributed by atoms with Crippen molar-refractivity contribution in [2.45, 2.75) is 25.3 Å². The van der Waals surface area contributed by atoms with E-state index in [4.69, 9.17) is 19.3 Å². The van der Waals surface area contributed by atoms with E-state index in [1.54, 1.807) is 26.4 Å². The number of para-hydroxylation sites is 2. The lowest BCUT2D eigenvalue weighted by molar-refractivity contribution is -0.384. The Labute approximate surface area is 250 Å². The normalized spacial score (nSPS) is 20.9. The number of hydrogen-bond donors (Lipinski definition) is 0. The maximum atomic E-state index is 14.3. The molecular weight excluding hydrogens is 548 g/mol. The van der Waals surface area contributed by atoms with Crippen LogP contribution in [0.25, 0.3) is 6.08 Å². The molecule has 0 aromatic heterocycles. The minimum Gasteiger partial charge on any atom is -0.496 e. The van der Waals surface area contributed by atoms with Crippen molar-refractivity contribution in [2.24, 2.45) is 11.0 Å². The largest absolute Gasteiger partial charge is 0.496 e. The highest BCUT2D eigenvalue weighted by molar-refractivity contribution is 6.09. The molecule has 6 rings (SSSR count). The van der Waals surface area contributed by atoms with Crippen LogP contribution in [-0.2, 0) is 4.74 Å². The lowest BCUT2D eigenvalue weighted by atomic mass is 9.77. The quantitative estimate of drug-likeness (QED) is 0.253. The van der Waals surface area contributed by atoms with Crippen molar-refractivity contribution in [1.82, 2.24) is 5.01 Å². The van der Waals surface area contributed by atoms with E-state index in [1.807, 2.05) is 53.4 Å². The molecule has 10 heteroatoms. The summed E-state index contributed by atoms with van der Waals surface area (Å²) < 4.78 is 16.7. The number of nitro benzene ring substituents is 1. The molecule has 0 radical (unpaired) electrons. The van der Waals surface area contributed by atoms with Gasteiger partial charge in [0.2, 0.25) is 0 Å². The second kappa shape index (κ2) is 12.3. The topological polar surface area (TPSA) is 107 Å². The summed E-state index contributed by atoms with van der Waals surface area (Å²) in [5.74, 6) is 0.956. The number of carbonyl (C=O) groups excluding carboxylic acids is 1. The molecule has 1 saturated carbocycles. The van der Waals surface area contributed by atoms with Gasteiger partial charge in [-0.15, -0.1) is 0 Å². The van der Waals surface area contributed by atoms with E-state index in [9.17, 15) is 14.9 Å². The van der Waals surface area contributed by atoms with Crippen LogP contribution in [0.15, 0.2) is 77.4 Å². The summed E-state index contributed by atoms with van der Waals surface area (Å²) in [6.07, 6.45) is 4.68. The van der Waals surface area contributed by atoms with Crippen molar-refractivity contribution < 1.29 is 23.9 Å². The summed E-state index contributed by atoms with van der Waals surface area (Å²) in [4.78, 5) is 27.9. The van der Waals surface area contributed by atoms with Gasteiger partial charge in [-0.3, -0.25) is 14.9 Å². The number of morpholine rings is 1. The number of fused-ring (bicyclic) bond motifs is 1. The first-order chi connectivity index (χ1) is 21.0. The van der Waals surface area contributed by atoms with Crippen LogP contribution < -0.4 is 14.4 Å². The van der Waals surface area contributed by atoms with Gasteiger partial charge in [-0.2, -0.15) is 5.10 Å². The zero-order valence-electron chi connectivity index (χ0n) is 24.3. The second-order valence-electron chi connectivity index (χ2n) is 10.8. The molecule has 0 N–H and O–H groups in total. The molecule has 1 aliphatic carbocycles. The molecule has 222 valence electrons. The van der Waals surface area contributed by atoms with Gasteiger partial charge in [-0.25, -0.2) is 5.01 Å². The number of rotatable bonds is 7. The Balaban J connectivity index is 1.43. The summed E-state index contributed by atoms with van der Waals surface area (Å²) in [5.41, 5.74) is 4.26. The Morgan fingerprint density at radius 3 is 2.49 bits per heavy atom. The highest BCUT2D eigenvalue weighted by atomic mass is 16.6. The van der Waals surface area contributed by atoms with Crippen LogP contribution in [0.4, 0.5) is 11.4 Å². The molecule has 2 heterocycles. The first-order valence-electron chi connectivity index (χ1n) is 14.5. The zero-order valence-corrected chi connectivity index (χ0v) is 24.3. The average Bonchev–Trinajstić information content (AvgIpc) is 3.45. The van der Waals surface area contributed by atoms with E-state index in [0.717, 1.165) is 47.4 Å². The van der Waals surface area contributed by atoms with Crippen LogP contribution in [-0.4, -0.2) is 62.1 Å². The minimum absolute atomic E-state index is 0.0717.